The molecule has 6 heteroatoms. The molecule has 1 atom stereocenters. The first-order valence-corrected chi connectivity index (χ1v) is 8.38. The van der Waals surface area contributed by atoms with Gasteiger partial charge in [-0.25, -0.2) is 0 Å². The van der Waals surface area contributed by atoms with Crippen molar-refractivity contribution in [2.45, 2.75) is 13.0 Å². The van der Waals surface area contributed by atoms with Gasteiger partial charge in [-0.05, 0) is 23.8 Å². The molecule has 2 amide bonds. The van der Waals surface area contributed by atoms with Gasteiger partial charge in [0.1, 0.15) is 0 Å². The summed E-state index contributed by atoms with van der Waals surface area (Å²) >= 11 is 12.1. The Balaban J connectivity index is 1.62. The lowest BCUT2D eigenvalue weighted by Crippen LogP contribution is -2.32. The molecule has 1 unspecified atom stereocenters. The van der Waals surface area contributed by atoms with Gasteiger partial charge in [-0.3, -0.25) is 9.59 Å². The number of halogens is 2. The van der Waals surface area contributed by atoms with Gasteiger partial charge < -0.3 is 10.2 Å². The average molecular weight is 363 g/mol. The Morgan fingerprint density at radius 1 is 1.12 bits per heavy atom. The predicted octanol–water partition coefficient (Wildman–Crippen LogP) is 3.66. The molecule has 24 heavy (non-hydrogen) atoms. The van der Waals surface area contributed by atoms with E-state index in [1.807, 2.05) is 36.4 Å². The first-order chi connectivity index (χ1) is 11.6. The third-order valence-electron chi connectivity index (χ3n) is 4.05. The van der Waals surface area contributed by atoms with Gasteiger partial charge in [0.15, 0.2) is 0 Å². The summed E-state index contributed by atoms with van der Waals surface area (Å²) in [6, 6.07) is 14.7. The number of nitrogens with zero attached hydrogens (tertiary/aromatic N) is 1. The van der Waals surface area contributed by atoms with Gasteiger partial charge >= 0.3 is 0 Å². The summed E-state index contributed by atoms with van der Waals surface area (Å²) in [6.07, 6.45) is 0.212. The van der Waals surface area contributed by atoms with Crippen LogP contribution in [0.2, 0.25) is 10.0 Å². The molecule has 1 aliphatic rings. The Kier molecular flexibility index (Phi) is 5.07. The number of hydrogen-bond acceptors (Lipinski definition) is 2. The minimum absolute atomic E-state index is 0.0397. The van der Waals surface area contributed by atoms with Crippen LogP contribution in [0.15, 0.2) is 48.5 Å². The van der Waals surface area contributed by atoms with Crippen LogP contribution >= 0.6 is 23.2 Å². The molecule has 1 saturated heterocycles. The molecular weight excluding hydrogens is 347 g/mol. The van der Waals surface area contributed by atoms with Crippen LogP contribution in [-0.2, 0) is 16.1 Å². The molecule has 4 nitrogen and oxygen atoms in total. The number of benzene rings is 2. The molecule has 1 fully saturated rings. The minimum atomic E-state index is -0.365. The van der Waals surface area contributed by atoms with Gasteiger partial charge in [-0.15, -0.1) is 0 Å². The standard InChI is InChI=1S/C18H16Cl2N2O2/c19-15-8-4-5-12(17(15)20)10-21-18(24)13-9-16(23)22(11-13)14-6-2-1-3-7-14/h1-8,13H,9-11H2,(H,21,24). The van der Waals surface area contributed by atoms with Crippen molar-refractivity contribution < 1.29 is 9.59 Å². The second-order valence-electron chi connectivity index (χ2n) is 5.67. The fraction of sp³-hybridized carbons (Fsp3) is 0.222. The molecule has 0 bridgehead atoms. The first kappa shape index (κ1) is 16.8. The van der Waals surface area contributed by atoms with Gasteiger partial charge in [0.2, 0.25) is 11.8 Å². The molecule has 0 saturated carbocycles. The fourth-order valence-electron chi connectivity index (χ4n) is 2.75. The van der Waals surface area contributed by atoms with Crippen molar-refractivity contribution in [2.24, 2.45) is 5.92 Å². The number of para-hydroxylation sites is 1. The fourth-order valence-corrected chi connectivity index (χ4v) is 3.14. The average Bonchev–Trinajstić information content (AvgIpc) is 2.98. The van der Waals surface area contributed by atoms with E-state index < -0.39 is 0 Å². The molecule has 1 aliphatic heterocycles. The number of hydrogen-bond donors (Lipinski definition) is 1. The van der Waals surface area contributed by atoms with Crippen LogP contribution < -0.4 is 10.2 Å². The lowest BCUT2D eigenvalue weighted by molar-refractivity contribution is -0.126. The van der Waals surface area contributed by atoms with Gasteiger partial charge in [-0.2, -0.15) is 0 Å². The van der Waals surface area contributed by atoms with E-state index >= 15 is 0 Å². The molecular formula is C18H16Cl2N2O2. The zero-order valence-electron chi connectivity index (χ0n) is 12.8. The lowest BCUT2D eigenvalue weighted by atomic mass is 10.1. The Labute approximate surface area is 150 Å². The predicted molar refractivity (Wildman–Crippen MR) is 95.2 cm³/mol. The van der Waals surface area contributed by atoms with Gasteiger partial charge in [-0.1, -0.05) is 53.5 Å². The summed E-state index contributed by atoms with van der Waals surface area (Å²) in [4.78, 5) is 26.2. The topological polar surface area (TPSA) is 49.4 Å². The first-order valence-electron chi connectivity index (χ1n) is 7.62. The minimum Gasteiger partial charge on any atom is -0.352 e. The van der Waals surface area contributed by atoms with E-state index in [9.17, 15) is 9.59 Å². The van der Waals surface area contributed by atoms with Crippen LogP contribution in [0.4, 0.5) is 5.69 Å². The second-order valence-corrected chi connectivity index (χ2v) is 6.46. The summed E-state index contributed by atoms with van der Waals surface area (Å²) in [5, 5.41) is 3.73. The highest BCUT2D eigenvalue weighted by molar-refractivity contribution is 6.42. The Hall–Kier alpha value is -2.04. The quantitative estimate of drug-likeness (QED) is 0.901. The largest absolute Gasteiger partial charge is 0.352 e. The summed E-state index contributed by atoms with van der Waals surface area (Å²) in [5.74, 6) is -0.560. The summed E-state index contributed by atoms with van der Waals surface area (Å²) in [6.45, 7) is 0.673. The van der Waals surface area contributed by atoms with Crippen molar-refractivity contribution in [1.82, 2.24) is 5.32 Å². The van der Waals surface area contributed by atoms with Crippen molar-refractivity contribution in [3.63, 3.8) is 0 Å². The van der Waals surface area contributed by atoms with E-state index in [1.165, 1.54) is 0 Å². The van der Waals surface area contributed by atoms with Crippen LogP contribution in [0, 0.1) is 5.92 Å². The van der Waals surface area contributed by atoms with Crippen LogP contribution in [0.25, 0.3) is 0 Å². The summed E-state index contributed by atoms with van der Waals surface area (Å²) in [5.41, 5.74) is 1.57. The maximum atomic E-state index is 12.4. The highest BCUT2D eigenvalue weighted by Crippen LogP contribution is 2.27. The molecule has 1 N–H and O–H groups in total. The normalized spacial score (nSPS) is 17.2. The maximum absolute atomic E-state index is 12.4. The van der Waals surface area contributed by atoms with E-state index in [4.69, 9.17) is 23.2 Å². The van der Waals surface area contributed by atoms with Crippen LogP contribution in [0.3, 0.4) is 0 Å². The molecule has 3 rings (SSSR count). The van der Waals surface area contributed by atoms with Crippen molar-refractivity contribution in [3.8, 4) is 0 Å². The number of amides is 2. The molecule has 0 radical (unpaired) electrons. The zero-order chi connectivity index (χ0) is 17.1. The van der Waals surface area contributed by atoms with Crippen molar-refractivity contribution >= 4 is 40.7 Å². The van der Waals surface area contributed by atoms with E-state index in [-0.39, 0.29) is 30.7 Å². The van der Waals surface area contributed by atoms with E-state index in [2.05, 4.69) is 5.32 Å². The van der Waals surface area contributed by atoms with Crippen LogP contribution in [0.5, 0.6) is 0 Å². The Bertz CT molecular complexity index is 765. The van der Waals surface area contributed by atoms with Gasteiger partial charge in [0.05, 0.1) is 16.0 Å². The molecule has 0 aromatic heterocycles. The smallest absolute Gasteiger partial charge is 0.227 e. The third-order valence-corrected chi connectivity index (χ3v) is 4.91. The highest BCUT2D eigenvalue weighted by Gasteiger charge is 2.34. The number of anilines is 1. The van der Waals surface area contributed by atoms with Gasteiger partial charge in [0, 0.05) is 25.2 Å². The zero-order valence-corrected chi connectivity index (χ0v) is 14.3. The SMILES string of the molecule is O=C(NCc1cccc(Cl)c1Cl)C1CC(=O)N(c2ccccc2)C1. The van der Waals surface area contributed by atoms with E-state index in [0.717, 1.165) is 11.3 Å². The number of carbonyl (C=O) groups excluding carboxylic acids is 2. The van der Waals surface area contributed by atoms with Crippen molar-refractivity contribution in [1.29, 1.82) is 0 Å². The third kappa shape index (κ3) is 3.55. The van der Waals surface area contributed by atoms with Crippen LogP contribution in [-0.4, -0.2) is 18.4 Å². The number of nitrogens with one attached hydrogen (secondary N) is 1. The number of carbonyl (C=O) groups is 2. The van der Waals surface area contributed by atoms with E-state index in [0.29, 0.717) is 16.6 Å². The molecule has 2 aromatic rings. The summed E-state index contributed by atoms with van der Waals surface area (Å²) < 4.78 is 0. The van der Waals surface area contributed by atoms with Gasteiger partial charge in [0.25, 0.3) is 0 Å². The molecule has 124 valence electrons. The summed E-state index contributed by atoms with van der Waals surface area (Å²) in [7, 11) is 0. The molecule has 0 spiro atoms. The molecule has 1 heterocycles. The number of rotatable bonds is 4. The van der Waals surface area contributed by atoms with Crippen molar-refractivity contribution in [2.75, 3.05) is 11.4 Å². The highest BCUT2D eigenvalue weighted by atomic mass is 35.5. The Morgan fingerprint density at radius 3 is 2.62 bits per heavy atom. The van der Waals surface area contributed by atoms with Crippen LogP contribution in [0.1, 0.15) is 12.0 Å². The second kappa shape index (κ2) is 7.24. The Morgan fingerprint density at radius 2 is 1.88 bits per heavy atom. The van der Waals surface area contributed by atoms with E-state index in [1.54, 1.807) is 17.0 Å². The van der Waals surface area contributed by atoms with Crippen molar-refractivity contribution in [3.05, 3.63) is 64.1 Å². The molecule has 2 aromatic carbocycles. The maximum Gasteiger partial charge on any atom is 0.227 e. The molecule has 0 aliphatic carbocycles. The lowest BCUT2D eigenvalue weighted by Gasteiger charge is -2.16. The monoisotopic (exact) mass is 362 g/mol.